The van der Waals surface area contributed by atoms with Gasteiger partial charge in [0, 0.05) is 53.0 Å². The van der Waals surface area contributed by atoms with Crippen LogP contribution in [0, 0.1) is 0 Å². The van der Waals surface area contributed by atoms with Crippen molar-refractivity contribution < 1.29 is 4.42 Å². The summed E-state index contributed by atoms with van der Waals surface area (Å²) in [5, 5.41) is 6.73. The van der Waals surface area contributed by atoms with Crippen molar-refractivity contribution in [2.45, 2.75) is 0 Å². The second-order valence-corrected chi connectivity index (χ2v) is 13.0. The quantitative estimate of drug-likeness (QED) is 0.194. The summed E-state index contributed by atoms with van der Waals surface area (Å²) < 4.78 is 9.40. The zero-order valence-electron chi connectivity index (χ0n) is 25.6. The maximum absolute atomic E-state index is 6.82. The molecule has 0 N–H and O–H groups in total. The number of hydrogen-bond acceptors (Lipinski definition) is 5. The Morgan fingerprint density at radius 3 is 1.85 bits per heavy atom. The molecule has 0 aliphatic rings. The molecule has 0 unspecified atom stereocenters. The summed E-state index contributed by atoms with van der Waals surface area (Å²) in [5.74, 6) is 1.87. The lowest BCUT2D eigenvalue weighted by molar-refractivity contribution is 0.673. The first kappa shape index (κ1) is 27.0. The Bertz CT molecular complexity index is 2780. The molecule has 7 aromatic carbocycles. The fraction of sp³-hybridized carbons (Fsp3) is 0. The minimum atomic E-state index is 0.611. The molecule has 10 rings (SSSR count). The van der Waals surface area contributed by atoms with Crippen LogP contribution in [0.15, 0.2) is 156 Å². The Morgan fingerprint density at radius 2 is 1.08 bits per heavy atom. The van der Waals surface area contributed by atoms with Crippen molar-refractivity contribution in [2.75, 3.05) is 0 Å². The van der Waals surface area contributed by atoms with Gasteiger partial charge in [0.2, 0.25) is 0 Å². The van der Waals surface area contributed by atoms with Crippen LogP contribution >= 0.6 is 11.3 Å². The van der Waals surface area contributed by atoms with Crippen LogP contribution in [-0.2, 0) is 0 Å². The highest BCUT2D eigenvalue weighted by molar-refractivity contribution is 7.26. The summed E-state index contributed by atoms with van der Waals surface area (Å²) in [6, 6.07) is 52.6. The number of thiophene rings is 1. The molecule has 0 saturated carbocycles. The van der Waals surface area contributed by atoms with Crippen molar-refractivity contribution in [3.8, 4) is 45.3 Å². The molecule has 0 aliphatic carbocycles. The third-order valence-corrected chi connectivity index (χ3v) is 10.3. The van der Waals surface area contributed by atoms with Gasteiger partial charge in [0.25, 0.3) is 0 Å². The highest BCUT2D eigenvalue weighted by Crippen LogP contribution is 2.44. The van der Waals surface area contributed by atoms with Crippen LogP contribution in [0.3, 0.4) is 0 Å². The van der Waals surface area contributed by atoms with Gasteiger partial charge in [0.05, 0.1) is 0 Å². The van der Waals surface area contributed by atoms with Crippen molar-refractivity contribution >= 4 is 64.2 Å². The Hall–Kier alpha value is -6.17. The molecule has 5 heteroatoms. The van der Waals surface area contributed by atoms with Gasteiger partial charge < -0.3 is 4.42 Å². The Labute approximate surface area is 279 Å². The maximum atomic E-state index is 6.82. The van der Waals surface area contributed by atoms with E-state index >= 15 is 0 Å². The van der Waals surface area contributed by atoms with E-state index in [4.69, 9.17) is 19.4 Å². The van der Waals surface area contributed by atoms with Gasteiger partial charge in [-0.05, 0) is 40.8 Å². The Kier molecular flexibility index (Phi) is 6.01. The fourth-order valence-electron chi connectivity index (χ4n) is 6.86. The predicted octanol–water partition coefficient (Wildman–Crippen LogP) is 12.0. The molecule has 48 heavy (non-hydrogen) atoms. The summed E-state index contributed by atoms with van der Waals surface area (Å²) in [4.78, 5) is 15.1. The second-order valence-electron chi connectivity index (χ2n) is 12.0. The molecule has 0 spiro atoms. The third-order valence-electron chi connectivity index (χ3n) is 9.12. The van der Waals surface area contributed by atoms with Crippen molar-refractivity contribution in [3.05, 3.63) is 152 Å². The molecule has 4 nitrogen and oxygen atoms in total. The first-order chi connectivity index (χ1) is 23.8. The van der Waals surface area contributed by atoms with E-state index in [1.54, 1.807) is 0 Å². The molecule has 0 saturated heterocycles. The van der Waals surface area contributed by atoms with E-state index in [0.29, 0.717) is 17.5 Å². The van der Waals surface area contributed by atoms with Gasteiger partial charge in [-0.1, -0.05) is 127 Å². The summed E-state index contributed by atoms with van der Waals surface area (Å²) in [6.07, 6.45) is 0. The number of nitrogens with zero attached hydrogens (tertiary/aromatic N) is 3. The van der Waals surface area contributed by atoms with Crippen LogP contribution in [0.4, 0.5) is 0 Å². The zero-order chi connectivity index (χ0) is 31.6. The molecule has 10 aromatic rings. The van der Waals surface area contributed by atoms with Crippen LogP contribution in [0.1, 0.15) is 0 Å². The Morgan fingerprint density at radius 1 is 0.438 bits per heavy atom. The van der Waals surface area contributed by atoms with E-state index in [1.165, 1.54) is 25.7 Å². The van der Waals surface area contributed by atoms with E-state index < -0.39 is 0 Å². The number of rotatable bonds is 4. The lowest BCUT2D eigenvalue weighted by Crippen LogP contribution is -2.00. The van der Waals surface area contributed by atoms with E-state index in [0.717, 1.165) is 55.0 Å². The zero-order valence-corrected chi connectivity index (χ0v) is 26.4. The topological polar surface area (TPSA) is 51.8 Å². The van der Waals surface area contributed by atoms with Gasteiger partial charge in [0.1, 0.15) is 11.2 Å². The average Bonchev–Trinajstić information content (AvgIpc) is 3.74. The summed E-state index contributed by atoms with van der Waals surface area (Å²) in [7, 11) is 0. The first-order valence-corrected chi connectivity index (χ1v) is 16.8. The largest absolute Gasteiger partial charge is 0.455 e. The molecular weight excluding hydrogens is 607 g/mol. The molecule has 224 valence electrons. The highest BCUT2D eigenvalue weighted by atomic mass is 32.1. The molecular formula is C43H25N3OS. The lowest BCUT2D eigenvalue weighted by atomic mass is 9.97. The van der Waals surface area contributed by atoms with E-state index in [1.807, 2.05) is 72.0 Å². The SMILES string of the molecule is c1ccc(-c2nc(-c3ccccc3)nc(-c3cc4ccccc4c4oc5cc(-c6cccc7c6sc6ccccc67)ccc5c34)n2)cc1. The minimum Gasteiger partial charge on any atom is -0.455 e. The minimum absolute atomic E-state index is 0.611. The molecule has 0 radical (unpaired) electrons. The average molecular weight is 632 g/mol. The third kappa shape index (κ3) is 4.25. The molecule has 0 atom stereocenters. The number of benzene rings is 7. The van der Waals surface area contributed by atoms with Crippen LogP contribution in [-0.4, -0.2) is 15.0 Å². The van der Waals surface area contributed by atoms with E-state index in [2.05, 4.69) is 91.0 Å². The number of hydrogen-bond donors (Lipinski definition) is 0. The van der Waals surface area contributed by atoms with Crippen LogP contribution < -0.4 is 0 Å². The first-order valence-electron chi connectivity index (χ1n) is 15.9. The predicted molar refractivity (Wildman–Crippen MR) is 199 cm³/mol. The van der Waals surface area contributed by atoms with Gasteiger partial charge in [-0.2, -0.15) is 0 Å². The lowest BCUT2D eigenvalue weighted by Gasteiger charge is -2.10. The highest BCUT2D eigenvalue weighted by Gasteiger charge is 2.21. The van der Waals surface area contributed by atoms with Crippen LogP contribution in [0.5, 0.6) is 0 Å². The fourth-order valence-corrected chi connectivity index (χ4v) is 8.10. The van der Waals surface area contributed by atoms with E-state index in [-0.39, 0.29) is 0 Å². The van der Waals surface area contributed by atoms with Gasteiger partial charge >= 0.3 is 0 Å². The van der Waals surface area contributed by atoms with Crippen molar-refractivity contribution in [1.29, 1.82) is 0 Å². The summed E-state index contributed by atoms with van der Waals surface area (Å²) in [5.41, 5.74) is 6.79. The standard InChI is InChI=1S/C43H25N3OS/c1-3-12-26(13-4-1)41-44-42(27-14-5-2-6-15-27)46-43(45-41)35-24-28-16-7-8-17-30(28)39-38(35)34-23-22-29(25-36(34)47-39)31-19-11-20-33-32-18-9-10-21-37(32)48-40(31)33/h1-25H. The number of furan rings is 1. The second kappa shape index (κ2) is 10.7. The van der Waals surface area contributed by atoms with Gasteiger partial charge in [-0.15, -0.1) is 11.3 Å². The van der Waals surface area contributed by atoms with Gasteiger partial charge in [-0.3, -0.25) is 0 Å². The van der Waals surface area contributed by atoms with Crippen molar-refractivity contribution in [2.24, 2.45) is 0 Å². The molecule has 3 heterocycles. The van der Waals surface area contributed by atoms with Crippen LogP contribution in [0.25, 0.3) is 98.2 Å². The van der Waals surface area contributed by atoms with Gasteiger partial charge in [-0.25, -0.2) is 15.0 Å². The molecule has 0 amide bonds. The summed E-state index contributed by atoms with van der Waals surface area (Å²) in [6.45, 7) is 0. The Balaban J connectivity index is 1.24. The number of fused-ring (bicyclic) bond motifs is 8. The normalized spacial score (nSPS) is 11.8. The summed E-state index contributed by atoms with van der Waals surface area (Å²) >= 11 is 1.84. The van der Waals surface area contributed by atoms with Crippen molar-refractivity contribution in [3.63, 3.8) is 0 Å². The maximum Gasteiger partial charge on any atom is 0.164 e. The monoisotopic (exact) mass is 631 g/mol. The van der Waals surface area contributed by atoms with Crippen LogP contribution in [0.2, 0.25) is 0 Å². The smallest absolute Gasteiger partial charge is 0.164 e. The molecule has 0 fully saturated rings. The molecule has 0 aliphatic heterocycles. The number of aromatic nitrogens is 3. The van der Waals surface area contributed by atoms with Gasteiger partial charge in [0.15, 0.2) is 17.5 Å². The van der Waals surface area contributed by atoms with Crippen molar-refractivity contribution in [1.82, 2.24) is 15.0 Å². The molecule has 3 aromatic heterocycles. The van der Waals surface area contributed by atoms with E-state index in [9.17, 15) is 0 Å². The molecule has 0 bridgehead atoms.